The maximum Gasteiger partial charge on any atom is -0.00527 e. The number of rotatable bonds is 1. The van der Waals surface area contributed by atoms with Crippen molar-refractivity contribution < 1.29 is 0 Å². The predicted octanol–water partition coefficient (Wildman–Crippen LogP) is 3.39. The van der Waals surface area contributed by atoms with E-state index >= 15 is 0 Å². The molecule has 0 bridgehead atoms. The van der Waals surface area contributed by atoms with Crippen LogP contribution in [0.5, 0.6) is 0 Å². The van der Waals surface area contributed by atoms with Gasteiger partial charge in [-0.15, -0.1) is 0 Å². The molecule has 4 aliphatic rings. The second-order valence-corrected chi connectivity index (χ2v) is 5.85. The fraction of sp³-hybridized carbons (Fsp3) is 0.846. The van der Waals surface area contributed by atoms with Crippen molar-refractivity contribution in [1.29, 1.82) is 0 Å². The largest absolute Gasteiger partial charge is 0.0876 e. The monoisotopic (exact) mass is 174 g/mol. The molecule has 5 atom stereocenters. The minimum atomic E-state index is 0.764. The van der Waals surface area contributed by atoms with Crippen LogP contribution < -0.4 is 0 Å². The number of fused-ring (bicyclic) bond motifs is 2. The van der Waals surface area contributed by atoms with Crippen molar-refractivity contribution in [1.82, 2.24) is 0 Å². The Hall–Kier alpha value is -0.260. The Morgan fingerprint density at radius 2 is 2.23 bits per heavy atom. The van der Waals surface area contributed by atoms with Gasteiger partial charge in [-0.1, -0.05) is 25.0 Å². The van der Waals surface area contributed by atoms with Crippen molar-refractivity contribution in [3.63, 3.8) is 0 Å². The average molecular weight is 174 g/mol. The van der Waals surface area contributed by atoms with Crippen molar-refractivity contribution in [3.8, 4) is 0 Å². The van der Waals surface area contributed by atoms with Crippen molar-refractivity contribution in [2.24, 2.45) is 29.1 Å². The zero-order valence-corrected chi connectivity index (χ0v) is 8.21. The van der Waals surface area contributed by atoms with E-state index in [9.17, 15) is 0 Å². The van der Waals surface area contributed by atoms with Crippen LogP contribution in [0.15, 0.2) is 12.2 Å². The third-order valence-corrected chi connectivity index (χ3v) is 5.32. The second-order valence-electron chi connectivity index (χ2n) is 5.85. The molecule has 0 amide bonds. The van der Waals surface area contributed by atoms with Gasteiger partial charge in [-0.2, -0.15) is 0 Å². The van der Waals surface area contributed by atoms with Crippen molar-refractivity contribution >= 4 is 0 Å². The molecule has 4 aliphatic carbocycles. The molecule has 0 heterocycles. The van der Waals surface area contributed by atoms with Gasteiger partial charge in [-0.3, -0.25) is 0 Å². The maximum absolute atomic E-state index is 2.60. The topological polar surface area (TPSA) is 0 Å². The molecule has 13 heavy (non-hydrogen) atoms. The Bertz CT molecular complexity index is 278. The van der Waals surface area contributed by atoms with Crippen molar-refractivity contribution in [2.45, 2.75) is 38.5 Å². The van der Waals surface area contributed by atoms with E-state index in [-0.39, 0.29) is 0 Å². The van der Waals surface area contributed by atoms with E-state index in [1.807, 2.05) is 0 Å². The average Bonchev–Trinajstić information content (AvgIpc) is 3.04. The first-order chi connectivity index (χ1) is 6.40. The van der Waals surface area contributed by atoms with E-state index in [2.05, 4.69) is 12.2 Å². The van der Waals surface area contributed by atoms with Crippen LogP contribution in [0, 0.1) is 29.1 Å². The van der Waals surface area contributed by atoms with Gasteiger partial charge in [0, 0.05) is 0 Å². The lowest BCUT2D eigenvalue weighted by molar-refractivity contribution is 0.240. The quantitative estimate of drug-likeness (QED) is 0.534. The molecule has 0 aromatic rings. The highest BCUT2D eigenvalue weighted by molar-refractivity contribution is 5.26. The first-order valence-corrected chi connectivity index (χ1v) is 6.08. The molecule has 5 unspecified atom stereocenters. The molecule has 0 heteroatoms. The molecule has 0 aromatic carbocycles. The second kappa shape index (κ2) is 2.04. The first-order valence-electron chi connectivity index (χ1n) is 6.08. The summed E-state index contributed by atoms with van der Waals surface area (Å²) >= 11 is 0. The predicted molar refractivity (Wildman–Crippen MR) is 53.2 cm³/mol. The Balaban J connectivity index is 1.64. The van der Waals surface area contributed by atoms with Gasteiger partial charge in [-0.25, -0.2) is 0 Å². The van der Waals surface area contributed by atoms with Crippen LogP contribution in [0.3, 0.4) is 0 Å². The standard InChI is InChI=1S/C13H18/c1-3-9-7-11(9)12(5-1)13-6-2-4-10(13)8-13/h2,6,9-12H,1,3-5,7-8H2. The zero-order valence-electron chi connectivity index (χ0n) is 8.21. The molecule has 0 saturated heterocycles. The van der Waals surface area contributed by atoms with Crippen LogP contribution in [0.4, 0.5) is 0 Å². The highest BCUT2D eigenvalue weighted by atomic mass is 14.7. The van der Waals surface area contributed by atoms with Gasteiger partial charge in [0.05, 0.1) is 0 Å². The number of hydrogen-bond acceptors (Lipinski definition) is 0. The van der Waals surface area contributed by atoms with E-state index in [1.165, 1.54) is 24.7 Å². The van der Waals surface area contributed by atoms with Crippen LogP contribution in [0.2, 0.25) is 0 Å². The Morgan fingerprint density at radius 1 is 1.23 bits per heavy atom. The summed E-state index contributed by atoms with van der Waals surface area (Å²) in [5.41, 5.74) is 0.764. The Kier molecular flexibility index (Phi) is 1.11. The maximum atomic E-state index is 2.60. The van der Waals surface area contributed by atoms with Gasteiger partial charge in [0.25, 0.3) is 0 Å². The summed E-state index contributed by atoms with van der Waals surface area (Å²) in [6.07, 6.45) is 14.3. The summed E-state index contributed by atoms with van der Waals surface area (Å²) in [5.74, 6) is 4.55. The van der Waals surface area contributed by atoms with E-state index in [1.54, 1.807) is 25.7 Å². The van der Waals surface area contributed by atoms with Crippen LogP contribution in [0.25, 0.3) is 0 Å². The molecule has 0 spiro atoms. The molecule has 0 aliphatic heterocycles. The summed E-state index contributed by atoms with van der Waals surface area (Å²) < 4.78 is 0. The Labute approximate surface area is 80.4 Å². The van der Waals surface area contributed by atoms with Crippen LogP contribution in [0.1, 0.15) is 38.5 Å². The van der Waals surface area contributed by atoms with Gasteiger partial charge >= 0.3 is 0 Å². The molecular formula is C13H18. The van der Waals surface area contributed by atoms with E-state index in [4.69, 9.17) is 0 Å². The van der Waals surface area contributed by atoms with Crippen LogP contribution in [-0.2, 0) is 0 Å². The summed E-state index contributed by atoms with van der Waals surface area (Å²) in [6.45, 7) is 0. The highest BCUT2D eigenvalue weighted by Crippen LogP contribution is 2.71. The lowest BCUT2D eigenvalue weighted by Crippen LogP contribution is -2.20. The summed E-state index contributed by atoms with van der Waals surface area (Å²) in [4.78, 5) is 0. The Morgan fingerprint density at radius 3 is 3.00 bits per heavy atom. The molecule has 0 N–H and O–H groups in total. The smallest absolute Gasteiger partial charge is 0.00527 e. The normalized spacial score (nSPS) is 61.5. The lowest BCUT2D eigenvalue weighted by Gasteiger charge is -2.28. The SMILES string of the molecule is C1=CC2(C3CCCC4CC43)CC2C1. The lowest BCUT2D eigenvalue weighted by atomic mass is 9.77. The zero-order chi connectivity index (χ0) is 8.47. The molecule has 4 rings (SSSR count). The van der Waals surface area contributed by atoms with Gasteiger partial charge in [-0.05, 0) is 54.8 Å². The highest BCUT2D eigenvalue weighted by Gasteiger charge is 2.63. The fourth-order valence-corrected chi connectivity index (χ4v) is 4.48. The van der Waals surface area contributed by atoms with E-state index in [0.29, 0.717) is 0 Å². The summed E-state index contributed by atoms with van der Waals surface area (Å²) in [5, 5.41) is 0. The van der Waals surface area contributed by atoms with Gasteiger partial charge in [0.1, 0.15) is 0 Å². The van der Waals surface area contributed by atoms with Crippen LogP contribution in [-0.4, -0.2) is 0 Å². The van der Waals surface area contributed by atoms with Crippen molar-refractivity contribution in [2.75, 3.05) is 0 Å². The minimum Gasteiger partial charge on any atom is -0.0876 e. The molecule has 0 nitrogen and oxygen atoms in total. The van der Waals surface area contributed by atoms with E-state index < -0.39 is 0 Å². The molecule has 0 aromatic heterocycles. The van der Waals surface area contributed by atoms with Gasteiger partial charge < -0.3 is 0 Å². The van der Waals surface area contributed by atoms with Crippen molar-refractivity contribution in [3.05, 3.63) is 12.2 Å². The molecule has 70 valence electrons. The fourth-order valence-electron chi connectivity index (χ4n) is 4.48. The first kappa shape index (κ1) is 7.09. The summed E-state index contributed by atoms with van der Waals surface area (Å²) in [7, 11) is 0. The van der Waals surface area contributed by atoms with E-state index in [0.717, 1.165) is 17.3 Å². The molecule has 0 radical (unpaired) electrons. The molecule has 3 saturated carbocycles. The minimum absolute atomic E-state index is 0.764. The number of hydrogen-bond donors (Lipinski definition) is 0. The summed E-state index contributed by atoms with van der Waals surface area (Å²) in [6, 6.07) is 0. The third kappa shape index (κ3) is 0.782. The number of allylic oxidation sites excluding steroid dienone is 2. The van der Waals surface area contributed by atoms with Gasteiger partial charge in [0.2, 0.25) is 0 Å². The van der Waals surface area contributed by atoms with Gasteiger partial charge in [0.15, 0.2) is 0 Å². The van der Waals surface area contributed by atoms with Crippen LogP contribution >= 0.6 is 0 Å². The molecule has 3 fully saturated rings. The third-order valence-electron chi connectivity index (χ3n) is 5.32. The molecular weight excluding hydrogens is 156 g/mol.